The molecule has 0 aliphatic heterocycles. The van der Waals surface area contributed by atoms with Gasteiger partial charge in [0.25, 0.3) is 0 Å². The van der Waals surface area contributed by atoms with Crippen LogP contribution in [-0.2, 0) is 27.3 Å². The summed E-state index contributed by atoms with van der Waals surface area (Å²) in [6, 6.07) is 0. The standard InChI is InChI=1S/C12H20N2O3S/c1-9-10(18-12(14-9)8-17-3)7-11(15)13-5-4-6-16-2/h4-8H2,1-3H3,(H,13,15). The van der Waals surface area contributed by atoms with Gasteiger partial charge in [-0.05, 0) is 13.3 Å². The van der Waals surface area contributed by atoms with Crippen molar-refractivity contribution in [2.45, 2.75) is 26.4 Å². The van der Waals surface area contributed by atoms with Crippen molar-refractivity contribution in [3.05, 3.63) is 15.6 Å². The van der Waals surface area contributed by atoms with Gasteiger partial charge in [-0.2, -0.15) is 0 Å². The zero-order valence-corrected chi connectivity index (χ0v) is 11.9. The van der Waals surface area contributed by atoms with Gasteiger partial charge in [0.1, 0.15) is 5.01 Å². The van der Waals surface area contributed by atoms with Crippen LogP contribution in [0, 0.1) is 6.92 Å². The van der Waals surface area contributed by atoms with Crippen molar-refractivity contribution in [2.24, 2.45) is 0 Å². The van der Waals surface area contributed by atoms with Crippen LogP contribution in [-0.4, -0.2) is 38.3 Å². The lowest BCUT2D eigenvalue weighted by molar-refractivity contribution is -0.120. The molecule has 6 heteroatoms. The van der Waals surface area contributed by atoms with Crippen molar-refractivity contribution in [3.63, 3.8) is 0 Å². The lowest BCUT2D eigenvalue weighted by Crippen LogP contribution is -2.26. The molecule has 102 valence electrons. The van der Waals surface area contributed by atoms with E-state index in [0.29, 0.717) is 26.2 Å². The van der Waals surface area contributed by atoms with E-state index in [1.807, 2.05) is 6.92 Å². The normalized spacial score (nSPS) is 10.6. The van der Waals surface area contributed by atoms with E-state index >= 15 is 0 Å². The van der Waals surface area contributed by atoms with Gasteiger partial charge in [-0.15, -0.1) is 11.3 Å². The molecular formula is C12H20N2O3S. The van der Waals surface area contributed by atoms with Crippen LogP contribution in [0.3, 0.4) is 0 Å². The summed E-state index contributed by atoms with van der Waals surface area (Å²) in [5, 5.41) is 3.78. The molecule has 0 aliphatic rings. The second kappa shape index (κ2) is 8.18. The van der Waals surface area contributed by atoms with Gasteiger partial charge >= 0.3 is 0 Å². The monoisotopic (exact) mass is 272 g/mol. The van der Waals surface area contributed by atoms with Crippen molar-refractivity contribution in [2.75, 3.05) is 27.4 Å². The third-order valence-electron chi connectivity index (χ3n) is 2.37. The molecule has 0 atom stereocenters. The smallest absolute Gasteiger partial charge is 0.225 e. The first kappa shape index (κ1) is 15.1. The van der Waals surface area contributed by atoms with Crippen LogP contribution in [0.2, 0.25) is 0 Å². The van der Waals surface area contributed by atoms with Crippen molar-refractivity contribution >= 4 is 17.2 Å². The molecule has 1 aromatic heterocycles. The number of ether oxygens (including phenoxy) is 2. The summed E-state index contributed by atoms with van der Waals surface area (Å²) in [6.07, 6.45) is 1.22. The number of hydrogen-bond donors (Lipinski definition) is 1. The molecule has 1 amide bonds. The van der Waals surface area contributed by atoms with E-state index < -0.39 is 0 Å². The minimum atomic E-state index is 0.0295. The molecule has 0 aliphatic carbocycles. The zero-order valence-electron chi connectivity index (χ0n) is 11.1. The fraction of sp³-hybridized carbons (Fsp3) is 0.667. The largest absolute Gasteiger partial charge is 0.385 e. The number of rotatable bonds is 8. The molecule has 1 heterocycles. The minimum absolute atomic E-state index is 0.0295. The Morgan fingerprint density at radius 1 is 1.39 bits per heavy atom. The fourth-order valence-electron chi connectivity index (χ4n) is 1.49. The zero-order chi connectivity index (χ0) is 13.4. The summed E-state index contributed by atoms with van der Waals surface area (Å²) in [5.74, 6) is 0.0295. The summed E-state index contributed by atoms with van der Waals surface area (Å²) in [4.78, 5) is 17.1. The van der Waals surface area contributed by atoms with E-state index in [1.165, 1.54) is 11.3 Å². The minimum Gasteiger partial charge on any atom is -0.385 e. The highest BCUT2D eigenvalue weighted by Gasteiger charge is 2.11. The third-order valence-corrected chi connectivity index (χ3v) is 3.50. The molecule has 0 saturated carbocycles. The summed E-state index contributed by atoms with van der Waals surface area (Å²) in [7, 11) is 3.29. The summed E-state index contributed by atoms with van der Waals surface area (Å²) in [6.45, 7) is 3.73. The summed E-state index contributed by atoms with van der Waals surface area (Å²) in [5.41, 5.74) is 0.916. The van der Waals surface area contributed by atoms with Crippen molar-refractivity contribution < 1.29 is 14.3 Å². The van der Waals surface area contributed by atoms with Crippen LogP contribution in [0.1, 0.15) is 22.0 Å². The molecule has 1 rings (SSSR count). The van der Waals surface area contributed by atoms with Crippen LogP contribution in [0.25, 0.3) is 0 Å². The third kappa shape index (κ3) is 5.12. The van der Waals surface area contributed by atoms with Crippen LogP contribution in [0.15, 0.2) is 0 Å². The first-order chi connectivity index (χ1) is 8.67. The first-order valence-corrected chi connectivity index (χ1v) is 6.68. The van der Waals surface area contributed by atoms with E-state index in [0.717, 1.165) is 22.0 Å². The van der Waals surface area contributed by atoms with Crippen molar-refractivity contribution in [1.29, 1.82) is 0 Å². The summed E-state index contributed by atoms with van der Waals surface area (Å²) < 4.78 is 9.94. The maximum atomic E-state index is 11.7. The highest BCUT2D eigenvalue weighted by Crippen LogP contribution is 2.19. The lowest BCUT2D eigenvalue weighted by atomic mass is 10.3. The average molecular weight is 272 g/mol. The number of nitrogens with one attached hydrogen (secondary N) is 1. The maximum absolute atomic E-state index is 11.7. The Balaban J connectivity index is 2.39. The first-order valence-electron chi connectivity index (χ1n) is 5.87. The van der Waals surface area contributed by atoms with Gasteiger partial charge in [0.05, 0.1) is 18.7 Å². The van der Waals surface area contributed by atoms with Crippen LogP contribution >= 0.6 is 11.3 Å². The molecular weight excluding hydrogens is 252 g/mol. The second-order valence-electron chi connectivity index (χ2n) is 3.92. The number of aromatic nitrogens is 1. The van der Waals surface area contributed by atoms with Gasteiger partial charge in [0.15, 0.2) is 0 Å². The molecule has 18 heavy (non-hydrogen) atoms. The SMILES string of the molecule is COCCCNC(=O)Cc1sc(COC)nc1C. The van der Waals surface area contributed by atoms with Gasteiger partial charge in [0, 0.05) is 32.2 Å². The molecule has 1 N–H and O–H groups in total. The van der Waals surface area contributed by atoms with Gasteiger partial charge in [-0.3, -0.25) is 4.79 Å². The number of carbonyl (C=O) groups excluding carboxylic acids is 1. The highest BCUT2D eigenvalue weighted by atomic mass is 32.1. The predicted octanol–water partition coefficient (Wildman–Crippen LogP) is 1.29. The van der Waals surface area contributed by atoms with Crippen molar-refractivity contribution in [3.8, 4) is 0 Å². The van der Waals surface area contributed by atoms with Crippen LogP contribution in [0.4, 0.5) is 0 Å². The van der Waals surface area contributed by atoms with E-state index in [2.05, 4.69) is 10.3 Å². The average Bonchev–Trinajstić information content (AvgIpc) is 2.66. The molecule has 5 nitrogen and oxygen atoms in total. The number of methoxy groups -OCH3 is 2. The Morgan fingerprint density at radius 3 is 2.83 bits per heavy atom. The van der Waals surface area contributed by atoms with E-state index in [4.69, 9.17) is 9.47 Å². The predicted molar refractivity (Wildman–Crippen MR) is 70.8 cm³/mol. The van der Waals surface area contributed by atoms with Crippen LogP contribution < -0.4 is 5.32 Å². The van der Waals surface area contributed by atoms with E-state index in [-0.39, 0.29) is 5.91 Å². The number of carbonyl (C=O) groups is 1. The maximum Gasteiger partial charge on any atom is 0.225 e. The Bertz CT molecular complexity index is 379. The number of thiazole rings is 1. The number of amides is 1. The van der Waals surface area contributed by atoms with Gasteiger partial charge in [-0.1, -0.05) is 0 Å². The number of hydrogen-bond acceptors (Lipinski definition) is 5. The van der Waals surface area contributed by atoms with Gasteiger partial charge in [0.2, 0.25) is 5.91 Å². The fourth-order valence-corrected chi connectivity index (χ4v) is 2.53. The second-order valence-corrected chi connectivity index (χ2v) is 5.09. The Hall–Kier alpha value is -0.980. The van der Waals surface area contributed by atoms with Crippen molar-refractivity contribution in [1.82, 2.24) is 10.3 Å². The topological polar surface area (TPSA) is 60.5 Å². The number of aryl methyl sites for hydroxylation is 1. The Morgan fingerprint density at radius 2 is 2.17 bits per heavy atom. The van der Waals surface area contributed by atoms with E-state index in [9.17, 15) is 4.79 Å². The molecule has 0 saturated heterocycles. The Kier molecular flexibility index (Phi) is 6.85. The lowest BCUT2D eigenvalue weighted by Gasteiger charge is -2.03. The summed E-state index contributed by atoms with van der Waals surface area (Å²) >= 11 is 1.53. The Labute approximate surface area is 112 Å². The molecule has 0 unspecified atom stereocenters. The number of nitrogens with zero attached hydrogens (tertiary/aromatic N) is 1. The van der Waals surface area contributed by atoms with E-state index in [1.54, 1.807) is 14.2 Å². The molecule has 0 fully saturated rings. The van der Waals surface area contributed by atoms with Gasteiger partial charge in [-0.25, -0.2) is 4.98 Å². The molecule has 0 radical (unpaired) electrons. The molecule has 0 bridgehead atoms. The quantitative estimate of drug-likeness (QED) is 0.725. The van der Waals surface area contributed by atoms with Crippen LogP contribution in [0.5, 0.6) is 0 Å². The highest BCUT2D eigenvalue weighted by molar-refractivity contribution is 7.11. The molecule has 1 aromatic rings. The van der Waals surface area contributed by atoms with Gasteiger partial charge < -0.3 is 14.8 Å². The molecule has 0 spiro atoms. The molecule has 0 aromatic carbocycles.